The normalized spacial score (nSPS) is 17.8. The first-order valence-electron chi connectivity index (χ1n) is 11.5. The molecule has 0 bridgehead atoms. The Kier molecular flexibility index (Phi) is 9.31. The number of piperidine rings is 1. The van der Waals surface area contributed by atoms with Crippen molar-refractivity contribution in [2.24, 2.45) is 10.9 Å². The van der Waals surface area contributed by atoms with E-state index >= 15 is 0 Å². The molecule has 0 amide bonds. The van der Waals surface area contributed by atoms with E-state index in [0.717, 1.165) is 75.0 Å². The van der Waals surface area contributed by atoms with Crippen LogP contribution in [0.3, 0.4) is 0 Å². The molecule has 2 aliphatic rings. The Bertz CT molecular complexity index is 829. The Hall–Kier alpha value is -2.17. The number of pyridine rings is 1. The van der Waals surface area contributed by atoms with Crippen LogP contribution in [-0.4, -0.2) is 71.6 Å². The summed E-state index contributed by atoms with van der Waals surface area (Å²) in [6, 6.07) is 6.16. The van der Waals surface area contributed by atoms with Crippen molar-refractivity contribution < 1.29 is 0 Å². The Morgan fingerprint density at radius 2 is 1.72 bits per heavy atom. The molecule has 0 radical (unpaired) electrons. The zero-order chi connectivity index (χ0) is 21.5. The van der Waals surface area contributed by atoms with E-state index in [0.29, 0.717) is 6.54 Å². The maximum absolute atomic E-state index is 4.89. The van der Waals surface area contributed by atoms with Gasteiger partial charge in [-0.3, -0.25) is 0 Å². The summed E-state index contributed by atoms with van der Waals surface area (Å²) in [5.74, 6) is 3.69. The second-order valence-corrected chi connectivity index (χ2v) is 8.39. The van der Waals surface area contributed by atoms with E-state index in [1.807, 2.05) is 12.3 Å². The van der Waals surface area contributed by atoms with Crippen molar-refractivity contribution in [1.29, 1.82) is 0 Å². The van der Waals surface area contributed by atoms with E-state index in [2.05, 4.69) is 56.0 Å². The van der Waals surface area contributed by atoms with Crippen molar-refractivity contribution in [2.75, 3.05) is 55.6 Å². The third-order valence-corrected chi connectivity index (χ3v) is 6.08. The van der Waals surface area contributed by atoms with Gasteiger partial charge in [-0.25, -0.2) is 19.9 Å². The fourth-order valence-electron chi connectivity index (χ4n) is 4.10. The Morgan fingerprint density at radius 1 is 1.00 bits per heavy atom. The number of piperazine rings is 1. The van der Waals surface area contributed by atoms with E-state index < -0.39 is 0 Å². The van der Waals surface area contributed by atoms with Gasteiger partial charge in [0.1, 0.15) is 5.82 Å². The lowest BCUT2D eigenvalue weighted by Crippen LogP contribution is -2.52. The average molecular weight is 550 g/mol. The second kappa shape index (κ2) is 12.2. The van der Waals surface area contributed by atoms with Crippen LogP contribution in [0, 0.1) is 5.92 Å². The minimum absolute atomic E-state index is 0. The molecule has 32 heavy (non-hydrogen) atoms. The zero-order valence-corrected chi connectivity index (χ0v) is 21.5. The van der Waals surface area contributed by atoms with E-state index in [4.69, 9.17) is 9.98 Å². The molecule has 0 aliphatic carbocycles. The SMILES string of the molecule is CCNC(=NCc1ccc(N2CCC(C)CC2)nc1)N1CCN(c2ncccn2)CC1.I. The Labute approximate surface area is 208 Å². The maximum atomic E-state index is 4.89. The highest BCUT2D eigenvalue weighted by Gasteiger charge is 2.21. The lowest BCUT2D eigenvalue weighted by Gasteiger charge is -2.36. The van der Waals surface area contributed by atoms with Crippen molar-refractivity contribution >= 4 is 41.7 Å². The van der Waals surface area contributed by atoms with Crippen LogP contribution in [0.1, 0.15) is 32.3 Å². The van der Waals surface area contributed by atoms with Crippen LogP contribution in [0.2, 0.25) is 0 Å². The predicted octanol–water partition coefficient (Wildman–Crippen LogP) is 3.01. The van der Waals surface area contributed by atoms with Crippen molar-refractivity contribution in [2.45, 2.75) is 33.2 Å². The molecular weight excluding hydrogens is 515 g/mol. The summed E-state index contributed by atoms with van der Waals surface area (Å²) in [6.45, 7) is 11.7. The van der Waals surface area contributed by atoms with Gasteiger partial charge in [0.25, 0.3) is 0 Å². The predicted molar refractivity (Wildman–Crippen MR) is 141 cm³/mol. The molecule has 2 fully saturated rings. The number of hydrogen-bond donors (Lipinski definition) is 1. The molecule has 0 aromatic carbocycles. The number of hydrogen-bond acceptors (Lipinski definition) is 6. The van der Waals surface area contributed by atoms with Crippen molar-refractivity contribution in [1.82, 2.24) is 25.2 Å². The summed E-state index contributed by atoms with van der Waals surface area (Å²) in [4.78, 5) is 25.3. The number of anilines is 2. The molecule has 4 heterocycles. The fraction of sp³-hybridized carbons (Fsp3) is 0.565. The molecule has 2 aromatic heterocycles. The summed E-state index contributed by atoms with van der Waals surface area (Å²) in [6.07, 6.45) is 8.08. The topological polar surface area (TPSA) is 72.8 Å². The number of nitrogens with one attached hydrogen (secondary N) is 1. The third kappa shape index (κ3) is 6.43. The molecule has 2 saturated heterocycles. The number of rotatable bonds is 5. The standard InChI is InChI=1S/C23H34N8.HI/c1-3-24-22(30-13-15-31(16-14-30)23-25-9-4-10-26-23)28-18-20-5-6-21(27-17-20)29-11-7-19(2)8-12-29;/h4-6,9-10,17,19H,3,7-8,11-16,18H2,1-2H3,(H,24,28);1H. The van der Waals surface area contributed by atoms with E-state index in [1.165, 1.54) is 12.8 Å². The largest absolute Gasteiger partial charge is 0.357 e. The first-order valence-corrected chi connectivity index (χ1v) is 11.5. The average Bonchev–Trinajstić information content (AvgIpc) is 2.83. The van der Waals surface area contributed by atoms with Gasteiger partial charge < -0.3 is 20.0 Å². The molecule has 174 valence electrons. The highest BCUT2D eigenvalue weighted by atomic mass is 127. The quantitative estimate of drug-likeness (QED) is 0.349. The third-order valence-electron chi connectivity index (χ3n) is 6.08. The lowest BCUT2D eigenvalue weighted by atomic mass is 9.99. The summed E-state index contributed by atoms with van der Waals surface area (Å²) in [5, 5.41) is 3.44. The minimum Gasteiger partial charge on any atom is -0.357 e. The molecule has 0 atom stereocenters. The fourth-order valence-corrected chi connectivity index (χ4v) is 4.10. The van der Waals surface area contributed by atoms with Gasteiger partial charge in [-0.1, -0.05) is 13.0 Å². The summed E-state index contributed by atoms with van der Waals surface area (Å²) in [5.41, 5.74) is 1.14. The van der Waals surface area contributed by atoms with Gasteiger partial charge in [-0.15, -0.1) is 24.0 Å². The number of aromatic nitrogens is 3. The first-order chi connectivity index (χ1) is 15.2. The van der Waals surface area contributed by atoms with Crippen LogP contribution < -0.4 is 15.1 Å². The minimum atomic E-state index is 0. The van der Waals surface area contributed by atoms with Gasteiger partial charge >= 0.3 is 0 Å². The van der Waals surface area contributed by atoms with Gasteiger partial charge in [-0.2, -0.15) is 0 Å². The van der Waals surface area contributed by atoms with Crippen molar-refractivity contribution in [3.63, 3.8) is 0 Å². The summed E-state index contributed by atoms with van der Waals surface area (Å²) >= 11 is 0. The molecule has 0 spiro atoms. The van der Waals surface area contributed by atoms with Crippen LogP contribution in [0.25, 0.3) is 0 Å². The number of nitrogens with zero attached hydrogens (tertiary/aromatic N) is 7. The Morgan fingerprint density at radius 3 is 2.34 bits per heavy atom. The molecule has 8 nitrogen and oxygen atoms in total. The number of halogens is 1. The molecular formula is C23H35IN8. The Balaban J connectivity index is 0.00000289. The van der Waals surface area contributed by atoms with Gasteiger partial charge in [0, 0.05) is 64.4 Å². The molecule has 1 N–H and O–H groups in total. The van der Waals surface area contributed by atoms with Gasteiger partial charge in [0.15, 0.2) is 5.96 Å². The van der Waals surface area contributed by atoms with Crippen molar-refractivity contribution in [3.05, 3.63) is 42.4 Å². The van der Waals surface area contributed by atoms with Crippen LogP contribution >= 0.6 is 24.0 Å². The zero-order valence-electron chi connectivity index (χ0n) is 19.2. The smallest absolute Gasteiger partial charge is 0.225 e. The monoisotopic (exact) mass is 550 g/mol. The molecule has 0 unspecified atom stereocenters. The van der Waals surface area contributed by atoms with Crippen LogP contribution in [0.15, 0.2) is 41.8 Å². The highest BCUT2D eigenvalue weighted by molar-refractivity contribution is 14.0. The molecule has 0 saturated carbocycles. The maximum Gasteiger partial charge on any atom is 0.225 e. The van der Waals surface area contributed by atoms with Gasteiger partial charge in [0.05, 0.1) is 6.54 Å². The van der Waals surface area contributed by atoms with Gasteiger partial charge in [-0.05, 0) is 43.4 Å². The summed E-state index contributed by atoms with van der Waals surface area (Å²) in [7, 11) is 0. The number of guanidine groups is 1. The van der Waals surface area contributed by atoms with Crippen LogP contribution in [-0.2, 0) is 6.54 Å². The van der Waals surface area contributed by atoms with Crippen LogP contribution in [0.4, 0.5) is 11.8 Å². The van der Waals surface area contributed by atoms with E-state index in [1.54, 1.807) is 12.4 Å². The first kappa shape index (κ1) is 24.5. The molecule has 4 rings (SSSR count). The second-order valence-electron chi connectivity index (χ2n) is 8.39. The van der Waals surface area contributed by atoms with E-state index in [9.17, 15) is 0 Å². The molecule has 9 heteroatoms. The number of aliphatic imine (C=N–C) groups is 1. The summed E-state index contributed by atoms with van der Waals surface area (Å²) < 4.78 is 0. The van der Waals surface area contributed by atoms with Gasteiger partial charge in [0.2, 0.25) is 5.95 Å². The molecule has 2 aliphatic heterocycles. The van der Waals surface area contributed by atoms with Crippen LogP contribution in [0.5, 0.6) is 0 Å². The highest BCUT2D eigenvalue weighted by Crippen LogP contribution is 2.21. The van der Waals surface area contributed by atoms with E-state index in [-0.39, 0.29) is 24.0 Å². The lowest BCUT2D eigenvalue weighted by molar-refractivity contribution is 0.370. The molecule has 2 aromatic rings. The van der Waals surface area contributed by atoms with Crippen molar-refractivity contribution in [3.8, 4) is 0 Å².